The molecule has 0 saturated carbocycles. The zero-order chi connectivity index (χ0) is 25.4. The first-order chi connectivity index (χ1) is 17.1. The summed E-state index contributed by atoms with van der Waals surface area (Å²) in [5.74, 6) is 0. The Labute approximate surface area is 212 Å². The number of aliphatic hydroxyl groups is 1. The van der Waals surface area contributed by atoms with E-state index in [9.17, 15) is 9.90 Å². The van der Waals surface area contributed by atoms with Gasteiger partial charge in [-0.25, -0.2) is 9.78 Å². The molecular formula is C26H31N7O2S. The minimum Gasteiger partial charge on any atom is -0.389 e. The van der Waals surface area contributed by atoms with Gasteiger partial charge in [-0.15, -0.1) is 11.3 Å². The van der Waals surface area contributed by atoms with Gasteiger partial charge >= 0.3 is 5.69 Å². The number of imidazole rings is 1. The maximum Gasteiger partial charge on any atom is 0.329 e. The predicted octanol–water partition coefficient (Wildman–Crippen LogP) is 3.81. The topological polar surface area (TPSA) is 106 Å². The summed E-state index contributed by atoms with van der Waals surface area (Å²) >= 11 is 1.83. The van der Waals surface area contributed by atoms with E-state index in [0.717, 1.165) is 52.7 Å². The van der Waals surface area contributed by atoms with Crippen molar-refractivity contribution in [2.75, 3.05) is 6.54 Å². The first kappa shape index (κ1) is 23.2. The summed E-state index contributed by atoms with van der Waals surface area (Å²) in [6.07, 6.45) is 6.69. The molecule has 0 aliphatic carbocycles. The van der Waals surface area contributed by atoms with Gasteiger partial charge in [-0.2, -0.15) is 5.10 Å². The molecule has 9 nitrogen and oxygen atoms in total. The second-order valence-electron chi connectivity index (χ2n) is 10.6. The minimum atomic E-state index is -0.895. The lowest BCUT2D eigenvalue weighted by Crippen LogP contribution is -2.26. The number of nitrogens with zero attached hydrogens (tertiary/aromatic N) is 5. The number of aryl methyl sites for hydroxylation is 1. The quantitative estimate of drug-likeness (QED) is 0.337. The fraction of sp³-hybridized carbons (Fsp3) is 0.423. The number of rotatable bonds is 5. The number of aromatic nitrogens is 6. The molecule has 10 heteroatoms. The van der Waals surface area contributed by atoms with E-state index in [-0.39, 0.29) is 11.7 Å². The van der Waals surface area contributed by atoms with Crippen molar-refractivity contribution >= 4 is 33.4 Å². The second kappa shape index (κ2) is 8.16. The highest BCUT2D eigenvalue weighted by molar-refractivity contribution is 7.15. The van der Waals surface area contributed by atoms with Crippen LogP contribution in [0, 0.1) is 0 Å². The van der Waals surface area contributed by atoms with Gasteiger partial charge < -0.3 is 15.4 Å². The third-order valence-corrected chi connectivity index (χ3v) is 8.09. The lowest BCUT2D eigenvalue weighted by molar-refractivity contribution is 0.0577. The van der Waals surface area contributed by atoms with E-state index in [0.29, 0.717) is 12.2 Å². The van der Waals surface area contributed by atoms with E-state index < -0.39 is 5.60 Å². The van der Waals surface area contributed by atoms with Crippen LogP contribution in [0.25, 0.3) is 43.8 Å². The van der Waals surface area contributed by atoms with Crippen molar-refractivity contribution in [2.45, 2.75) is 58.8 Å². The third kappa shape index (κ3) is 3.63. The summed E-state index contributed by atoms with van der Waals surface area (Å²) in [5.41, 5.74) is 5.37. The van der Waals surface area contributed by atoms with Crippen LogP contribution in [0.15, 0.2) is 29.5 Å². The monoisotopic (exact) mass is 505 g/mol. The molecule has 3 N–H and O–H groups in total. The average molecular weight is 506 g/mol. The van der Waals surface area contributed by atoms with Gasteiger partial charge in [0.25, 0.3) is 0 Å². The highest BCUT2D eigenvalue weighted by Crippen LogP contribution is 2.41. The maximum atomic E-state index is 13.5. The Kier molecular flexibility index (Phi) is 5.26. The van der Waals surface area contributed by atoms with Crippen LogP contribution >= 0.6 is 11.3 Å². The van der Waals surface area contributed by atoms with Gasteiger partial charge in [0.05, 0.1) is 34.8 Å². The normalized spacial score (nSPS) is 14.4. The Morgan fingerprint density at radius 1 is 1.28 bits per heavy atom. The lowest BCUT2D eigenvalue weighted by Gasteiger charge is -2.16. The van der Waals surface area contributed by atoms with Gasteiger partial charge in [-0.3, -0.25) is 13.8 Å². The number of fused-ring (bicyclic) bond motifs is 4. The zero-order valence-electron chi connectivity index (χ0n) is 21.2. The average Bonchev–Trinajstić information content (AvgIpc) is 3.57. The van der Waals surface area contributed by atoms with Crippen LogP contribution in [0.1, 0.15) is 44.2 Å². The van der Waals surface area contributed by atoms with E-state index in [1.807, 2.05) is 49.2 Å². The molecule has 0 bridgehead atoms. The summed E-state index contributed by atoms with van der Waals surface area (Å²) in [6, 6.07) is 2.25. The summed E-state index contributed by atoms with van der Waals surface area (Å²) in [4.78, 5) is 24.6. The first-order valence-electron chi connectivity index (χ1n) is 12.3. The van der Waals surface area contributed by atoms with Crippen LogP contribution in [0.4, 0.5) is 0 Å². The molecule has 1 aliphatic rings. The van der Waals surface area contributed by atoms with Crippen LogP contribution in [-0.4, -0.2) is 46.1 Å². The smallest absolute Gasteiger partial charge is 0.329 e. The number of nitrogens with one attached hydrogen (secondary N) is 2. The molecule has 0 amide bonds. The largest absolute Gasteiger partial charge is 0.389 e. The van der Waals surface area contributed by atoms with Crippen molar-refractivity contribution in [3.63, 3.8) is 0 Å². The molecule has 0 aromatic carbocycles. The molecule has 0 unspecified atom stereocenters. The summed E-state index contributed by atoms with van der Waals surface area (Å²) < 4.78 is 5.29. The Hall–Kier alpha value is -3.21. The summed E-state index contributed by atoms with van der Waals surface area (Å²) in [7, 11) is 1.81. The Morgan fingerprint density at radius 2 is 2.08 bits per heavy atom. The number of hydrogen-bond acceptors (Lipinski definition) is 6. The van der Waals surface area contributed by atoms with E-state index in [1.165, 1.54) is 15.3 Å². The fourth-order valence-corrected chi connectivity index (χ4v) is 6.47. The number of H-pyrrole nitrogens is 1. The highest BCUT2D eigenvalue weighted by atomic mass is 32.1. The molecule has 0 fully saturated rings. The molecule has 0 saturated heterocycles. The Morgan fingerprint density at radius 3 is 2.81 bits per heavy atom. The number of aromatic amines is 1. The molecular weight excluding hydrogens is 474 g/mol. The standard InChI is InChI=1S/C26H31N7O2S/c1-14(2)33-22-20-17(19-8-15-9-27-7-6-18(15)36-19)11-28-24(20)30-21(23(22)31(5)25(33)34)16-10-29-32(12-16)13-26(3,4)35/h8,10-12,14,27,35H,6-7,9,13H2,1-5H3,(H,28,30). The van der Waals surface area contributed by atoms with Gasteiger partial charge in [0.1, 0.15) is 11.3 Å². The molecule has 36 heavy (non-hydrogen) atoms. The van der Waals surface area contributed by atoms with Crippen molar-refractivity contribution in [2.24, 2.45) is 7.05 Å². The third-order valence-electron chi connectivity index (χ3n) is 6.82. The zero-order valence-corrected chi connectivity index (χ0v) is 22.0. The van der Waals surface area contributed by atoms with Crippen LogP contribution in [-0.2, 0) is 26.6 Å². The van der Waals surface area contributed by atoms with E-state index in [2.05, 4.69) is 21.5 Å². The van der Waals surface area contributed by atoms with Gasteiger partial charge in [0, 0.05) is 59.5 Å². The molecule has 0 spiro atoms. The van der Waals surface area contributed by atoms with Crippen LogP contribution < -0.4 is 11.0 Å². The van der Waals surface area contributed by atoms with Crippen molar-refractivity contribution in [3.8, 4) is 21.7 Å². The van der Waals surface area contributed by atoms with Gasteiger partial charge in [-0.05, 0) is 45.7 Å². The number of thiophene rings is 1. The Bertz CT molecular complexity index is 1650. The van der Waals surface area contributed by atoms with Crippen molar-refractivity contribution in [1.29, 1.82) is 0 Å². The second-order valence-corrected chi connectivity index (χ2v) is 11.8. The van der Waals surface area contributed by atoms with Crippen molar-refractivity contribution < 1.29 is 5.11 Å². The SMILES string of the molecule is CC(C)n1c(=O)n(C)c2c(-c3cnn(CC(C)(C)O)c3)nc3[nH]cc(-c4cc5c(s4)CCNC5)c3c21. The van der Waals surface area contributed by atoms with Crippen LogP contribution in [0.2, 0.25) is 0 Å². The highest BCUT2D eigenvalue weighted by Gasteiger charge is 2.26. The molecule has 6 rings (SSSR count). The molecule has 5 aromatic rings. The lowest BCUT2D eigenvalue weighted by atomic mass is 10.1. The molecule has 1 aliphatic heterocycles. The predicted molar refractivity (Wildman–Crippen MR) is 143 cm³/mol. The van der Waals surface area contributed by atoms with E-state index in [1.54, 1.807) is 29.3 Å². The number of pyridine rings is 1. The number of hydrogen-bond donors (Lipinski definition) is 3. The molecule has 188 valence electrons. The minimum absolute atomic E-state index is 0.0268. The van der Waals surface area contributed by atoms with Gasteiger partial charge in [0.2, 0.25) is 0 Å². The van der Waals surface area contributed by atoms with Gasteiger partial charge in [-0.1, -0.05) is 0 Å². The van der Waals surface area contributed by atoms with Crippen molar-refractivity contribution in [1.82, 2.24) is 34.2 Å². The summed E-state index contributed by atoms with van der Waals surface area (Å²) in [6.45, 7) is 9.83. The van der Waals surface area contributed by atoms with E-state index >= 15 is 0 Å². The maximum absolute atomic E-state index is 13.5. The summed E-state index contributed by atoms with van der Waals surface area (Å²) in [5, 5.41) is 19.1. The van der Waals surface area contributed by atoms with Crippen LogP contribution in [0.5, 0.6) is 0 Å². The van der Waals surface area contributed by atoms with E-state index in [4.69, 9.17) is 4.98 Å². The Balaban J connectivity index is 1.64. The molecule has 0 atom stereocenters. The van der Waals surface area contributed by atoms with Crippen LogP contribution in [0.3, 0.4) is 0 Å². The molecule has 5 aromatic heterocycles. The van der Waals surface area contributed by atoms with Gasteiger partial charge in [0.15, 0.2) is 0 Å². The fourth-order valence-electron chi connectivity index (χ4n) is 5.27. The first-order valence-corrected chi connectivity index (χ1v) is 13.1. The van der Waals surface area contributed by atoms with Crippen molar-refractivity contribution in [3.05, 3.63) is 45.6 Å². The molecule has 6 heterocycles. The molecule has 0 radical (unpaired) electrons.